The molecular formula is C23H31N3O4S. The first-order valence-corrected chi connectivity index (χ1v) is 12.0. The monoisotopic (exact) mass is 445 g/mol. The molecule has 168 valence electrons. The van der Waals surface area contributed by atoms with E-state index in [-0.39, 0.29) is 16.8 Å². The predicted octanol–water partition coefficient (Wildman–Crippen LogP) is 2.82. The van der Waals surface area contributed by atoms with Gasteiger partial charge in [-0.3, -0.25) is 4.79 Å². The SMILES string of the molecule is CCOc1ccc([C@@H](C)NC(=O)c2ccc(C)c(S(=O)(=O)N3CCN(C)CC3)c2)cc1. The number of amides is 1. The molecule has 1 aliphatic heterocycles. The Hall–Kier alpha value is -2.42. The van der Waals surface area contributed by atoms with E-state index in [1.807, 2.05) is 45.2 Å². The minimum absolute atomic E-state index is 0.193. The Morgan fingerprint density at radius 2 is 1.74 bits per heavy atom. The second kappa shape index (κ2) is 9.80. The van der Waals surface area contributed by atoms with Gasteiger partial charge in [0, 0.05) is 31.7 Å². The fourth-order valence-electron chi connectivity index (χ4n) is 3.57. The van der Waals surface area contributed by atoms with Crippen molar-refractivity contribution in [3.8, 4) is 5.75 Å². The molecule has 0 aromatic heterocycles. The van der Waals surface area contributed by atoms with Crippen LogP contribution in [-0.2, 0) is 10.0 Å². The summed E-state index contributed by atoms with van der Waals surface area (Å²) in [6.45, 7) is 8.45. The maximum atomic E-state index is 13.2. The van der Waals surface area contributed by atoms with Gasteiger partial charge in [-0.1, -0.05) is 18.2 Å². The van der Waals surface area contributed by atoms with Crippen molar-refractivity contribution in [2.45, 2.75) is 31.7 Å². The Morgan fingerprint density at radius 3 is 2.35 bits per heavy atom. The van der Waals surface area contributed by atoms with Crippen molar-refractivity contribution in [1.29, 1.82) is 0 Å². The highest BCUT2D eigenvalue weighted by molar-refractivity contribution is 7.89. The van der Waals surface area contributed by atoms with Crippen LogP contribution in [-0.4, -0.2) is 63.4 Å². The molecule has 31 heavy (non-hydrogen) atoms. The molecule has 2 aromatic carbocycles. The summed E-state index contributed by atoms with van der Waals surface area (Å²) in [5.74, 6) is 0.471. The van der Waals surface area contributed by atoms with Gasteiger partial charge in [-0.25, -0.2) is 8.42 Å². The molecule has 7 nitrogen and oxygen atoms in total. The highest BCUT2D eigenvalue weighted by atomic mass is 32.2. The first-order valence-electron chi connectivity index (χ1n) is 10.6. The van der Waals surface area contributed by atoms with Gasteiger partial charge >= 0.3 is 0 Å². The largest absolute Gasteiger partial charge is 0.494 e. The lowest BCUT2D eigenvalue weighted by molar-refractivity contribution is 0.0939. The first kappa shape index (κ1) is 23.2. The summed E-state index contributed by atoms with van der Waals surface area (Å²) in [7, 11) is -1.67. The average Bonchev–Trinajstić information content (AvgIpc) is 2.75. The summed E-state index contributed by atoms with van der Waals surface area (Å²) in [4.78, 5) is 15.2. The van der Waals surface area contributed by atoms with Gasteiger partial charge in [0.1, 0.15) is 5.75 Å². The zero-order valence-corrected chi connectivity index (χ0v) is 19.4. The van der Waals surface area contributed by atoms with E-state index in [4.69, 9.17) is 4.74 Å². The van der Waals surface area contributed by atoms with Crippen LogP contribution in [0.15, 0.2) is 47.4 Å². The summed E-state index contributed by atoms with van der Waals surface area (Å²) < 4.78 is 33.3. The molecule has 2 aromatic rings. The summed E-state index contributed by atoms with van der Waals surface area (Å²) in [6.07, 6.45) is 0. The van der Waals surface area contributed by atoms with Crippen LogP contribution < -0.4 is 10.1 Å². The van der Waals surface area contributed by atoms with Crippen LogP contribution in [0.25, 0.3) is 0 Å². The maximum Gasteiger partial charge on any atom is 0.251 e. The molecule has 1 atom stereocenters. The minimum Gasteiger partial charge on any atom is -0.494 e. The summed E-state index contributed by atoms with van der Waals surface area (Å²) in [5, 5.41) is 2.95. The minimum atomic E-state index is -3.65. The number of carbonyl (C=O) groups excluding carboxylic acids is 1. The first-order chi connectivity index (χ1) is 14.7. The second-order valence-electron chi connectivity index (χ2n) is 7.88. The average molecular weight is 446 g/mol. The number of aryl methyl sites for hydroxylation is 1. The smallest absolute Gasteiger partial charge is 0.251 e. The van der Waals surface area contributed by atoms with Crippen LogP contribution in [0.5, 0.6) is 5.75 Å². The number of hydrogen-bond acceptors (Lipinski definition) is 5. The second-order valence-corrected chi connectivity index (χ2v) is 9.79. The van der Waals surface area contributed by atoms with Gasteiger partial charge in [0.15, 0.2) is 0 Å². The van der Waals surface area contributed by atoms with Gasteiger partial charge in [0.2, 0.25) is 10.0 Å². The lowest BCUT2D eigenvalue weighted by Gasteiger charge is -2.32. The summed E-state index contributed by atoms with van der Waals surface area (Å²) in [6, 6.07) is 12.2. The number of ether oxygens (including phenoxy) is 1. The molecule has 1 heterocycles. The normalized spacial score (nSPS) is 16.6. The Balaban J connectivity index is 1.76. The summed E-state index contributed by atoms with van der Waals surface area (Å²) >= 11 is 0. The van der Waals surface area contributed by atoms with Gasteiger partial charge in [-0.15, -0.1) is 0 Å². The van der Waals surface area contributed by atoms with Gasteiger partial charge in [0.05, 0.1) is 17.5 Å². The van der Waals surface area contributed by atoms with Crippen molar-refractivity contribution in [2.75, 3.05) is 39.8 Å². The zero-order valence-electron chi connectivity index (χ0n) is 18.6. The number of rotatable bonds is 7. The maximum absolute atomic E-state index is 13.2. The molecule has 1 amide bonds. The molecule has 1 aliphatic rings. The highest BCUT2D eigenvalue weighted by Gasteiger charge is 2.29. The molecule has 1 saturated heterocycles. The third kappa shape index (κ3) is 5.44. The summed E-state index contributed by atoms with van der Waals surface area (Å²) in [5.41, 5.74) is 1.90. The molecule has 0 saturated carbocycles. The van der Waals surface area contributed by atoms with Crippen LogP contribution >= 0.6 is 0 Å². The predicted molar refractivity (Wildman–Crippen MR) is 121 cm³/mol. The number of nitrogens with one attached hydrogen (secondary N) is 1. The van der Waals surface area contributed by atoms with Crippen molar-refractivity contribution in [1.82, 2.24) is 14.5 Å². The van der Waals surface area contributed by atoms with E-state index in [1.54, 1.807) is 19.1 Å². The van der Waals surface area contributed by atoms with Gasteiger partial charge in [0.25, 0.3) is 5.91 Å². The van der Waals surface area contributed by atoms with Gasteiger partial charge < -0.3 is 15.0 Å². The Bertz CT molecular complexity index is 1010. The van der Waals surface area contributed by atoms with Gasteiger partial charge in [-0.05, 0) is 63.2 Å². The third-order valence-electron chi connectivity index (χ3n) is 5.57. The number of carbonyl (C=O) groups is 1. The number of sulfonamides is 1. The molecule has 1 N–H and O–H groups in total. The molecule has 0 unspecified atom stereocenters. The van der Waals surface area contributed by atoms with E-state index in [0.29, 0.717) is 43.9 Å². The Morgan fingerprint density at radius 1 is 1.10 bits per heavy atom. The molecule has 3 rings (SSSR count). The topological polar surface area (TPSA) is 78.9 Å². The van der Waals surface area contributed by atoms with Crippen LogP contribution in [0, 0.1) is 6.92 Å². The van der Waals surface area contributed by atoms with Gasteiger partial charge in [-0.2, -0.15) is 4.31 Å². The number of nitrogens with zero attached hydrogens (tertiary/aromatic N) is 2. The number of piperazine rings is 1. The molecule has 0 bridgehead atoms. The molecule has 0 radical (unpaired) electrons. The van der Waals surface area contributed by atoms with Crippen LogP contribution in [0.2, 0.25) is 0 Å². The number of likely N-dealkylation sites (N-methyl/N-ethyl adjacent to an activating group) is 1. The fraction of sp³-hybridized carbons (Fsp3) is 0.435. The van der Waals surface area contributed by atoms with E-state index >= 15 is 0 Å². The lowest BCUT2D eigenvalue weighted by atomic mass is 10.1. The molecular weight excluding hydrogens is 414 g/mol. The molecule has 0 aliphatic carbocycles. The van der Waals surface area contributed by atoms with E-state index in [0.717, 1.165) is 11.3 Å². The van der Waals surface area contributed by atoms with E-state index in [2.05, 4.69) is 10.2 Å². The number of benzene rings is 2. The van der Waals surface area contributed by atoms with Crippen molar-refractivity contribution >= 4 is 15.9 Å². The number of hydrogen-bond donors (Lipinski definition) is 1. The lowest BCUT2D eigenvalue weighted by Crippen LogP contribution is -2.47. The fourth-order valence-corrected chi connectivity index (χ4v) is 5.24. The zero-order chi connectivity index (χ0) is 22.6. The third-order valence-corrected chi connectivity index (χ3v) is 7.61. The molecule has 0 spiro atoms. The van der Waals surface area contributed by atoms with Crippen molar-refractivity contribution < 1.29 is 17.9 Å². The molecule has 1 fully saturated rings. The van der Waals surface area contributed by atoms with Crippen molar-refractivity contribution in [2.24, 2.45) is 0 Å². The van der Waals surface area contributed by atoms with Crippen LogP contribution in [0.4, 0.5) is 0 Å². The Labute approximate surface area is 185 Å². The Kier molecular flexibility index (Phi) is 7.35. The molecule has 8 heteroatoms. The van der Waals surface area contributed by atoms with E-state index in [1.165, 1.54) is 10.4 Å². The van der Waals surface area contributed by atoms with E-state index < -0.39 is 10.0 Å². The van der Waals surface area contributed by atoms with Crippen molar-refractivity contribution in [3.63, 3.8) is 0 Å². The van der Waals surface area contributed by atoms with Crippen molar-refractivity contribution in [3.05, 3.63) is 59.2 Å². The quantitative estimate of drug-likeness (QED) is 0.709. The standard InChI is InChI=1S/C23H31N3O4S/c1-5-30-21-10-8-19(9-11-21)18(3)24-23(27)20-7-6-17(2)22(16-20)31(28,29)26-14-12-25(4)13-15-26/h6-11,16,18H,5,12-15H2,1-4H3,(H,24,27)/t18-/m1/s1. The highest BCUT2D eigenvalue weighted by Crippen LogP contribution is 2.23. The van der Waals surface area contributed by atoms with Crippen LogP contribution in [0.3, 0.4) is 0 Å². The van der Waals surface area contributed by atoms with Crippen LogP contribution in [0.1, 0.15) is 41.4 Å². The van der Waals surface area contributed by atoms with E-state index in [9.17, 15) is 13.2 Å².